The summed E-state index contributed by atoms with van der Waals surface area (Å²) >= 11 is 0. The SMILES string of the molecule is C=C(C)C(=O)O.[PbH2]. The van der Waals surface area contributed by atoms with Crippen LogP contribution < -0.4 is 0 Å². The summed E-state index contributed by atoms with van der Waals surface area (Å²) in [4.78, 5) is 9.60. The molecule has 0 fully saturated rings. The zero-order valence-corrected chi connectivity index (χ0v) is 9.77. The van der Waals surface area contributed by atoms with Crippen molar-refractivity contribution in [2.75, 3.05) is 0 Å². The molecule has 1 N–H and O–H groups in total. The van der Waals surface area contributed by atoms with Crippen molar-refractivity contribution in [3.8, 4) is 0 Å². The first-order valence-corrected chi connectivity index (χ1v) is 1.53. The molecule has 2 radical (unpaired) electrons. The summed E-state index contributed by atoms with van der Waals surface area (Å²) in [5.74, 6) is -0.935. The van der Waals surface area contributed by atoms with E-state index in [-0.39, 0.29) is 32.9 Å². The topological polar surface area (TPSA) is 37.3 Å². The molecule has 0 saturated heterocycles. The Bertz CT molecular complexity index is 75.7. The molecule has 0 amide bonds. The van der Waals surface area contributed by atoms with Crippen molar-refractivity contribution in [2.24, 2.45) is 0 Å². The van der Waals surface area contributed by atoms with Gasteiger partial charge in [-0.1, -0.05) is 6.58 Å². The Morgan fingerprint density at radius 3 is 1.86 bits per heavy atom. The average molecular weight is 295 g/mol. The van der Waals surface area contributed by atoms with E-state index in [4.69, 9.17) is 5.11 Å². The maximum absolute atomic E-state index is 9.60. The molecule has 40 valence electrons. The van der Waals surface area contributed by atoms with Crippen LogP contribution in [0.1, 0.15) is 6.92 Å². The van der Waals surface area contributed by atoms with Gasteiger partial charge in [-0.2, -0.15) is 0 Å². The molecule has 0 bridgehead atoms. The molecule has 7 heavy (non-hydrogen) atoms. The molecular weight excluding hydrogens is 287 g/mol. The van der Waals surface area contributed by atoms with Gasteiger partial charge in [-0.05, 0) is 6.92 Å². The first-order chi connectivity index (χ1) is 2.64. The van der Waals surface area contributed by atoms with Crippen LogP contribution in [-0.4, -0.2) is 38.4 Å². The van der Waals surface area contributed by atoms with Crippen molar-refractivity contribution in [3.63, 3.8) is 0 Å². The van der Waals surface area contributed by atoms with Gasteiger partial charge in [0.1, 0.15) is 0 Å². The van der Waals surface area contributed by atoms with Gasteiger partial charge in [0.15, 0.2) is 0 Å². The summed E-state index contributed by atoms with van der Waals surface area (Å²) in [6.45, 7) is 4.60. The van der Waals surface area contributed by atoms with Crippen molar-refractivity contribution in [1.82, 2.24) is 0 Å². The second kappa shape index (κ2) is 4.30. The maximum atomic E-state index is 9.60. The molecule has 0 heterocycles. The van der Waals surface area contributed by atoms with E-state index in [1.54, 1.807) is 0 Å². The van der Waals surface area contributed by atoms with Crippen LogP contribution in [0.3, 0.4) is 0 Å². The second-order valence-electron chi connectivity index (χ2n) is 1.09. The summed E-state index contributed by atoms with van der Waals surface area (Å²) in [6, 6.07) is 0. The van der Waals surface area contributed by atoms with Gasteiger partial charge in [-0.15, -0.1) is 0 Å². The number of carbonyl (C=O) groups is 1. The van der Waals surface area contributed by atoms with Crippen LogP contribution in [0.25, 0.3) is 0 Å². The van der Waals surface area contributed by atoms with Crippen LogP contribution in [0.4, 0.5) is 0 Å². The Morgan fingerprint density at radius 1 is 1.71 bits per heavy atom. The number of carboxylic acid groups (broad SMARTS) is 1. The number of hydrogen-bond acceptors (Lipinski definition) is 1. The van der Waals surface area contributed by atoms with Crippen molar-refractivity contribution >= 4 is 33.3 Å². The van der Waals surface area contributed by atoms with E-state index in [0.717, 1.165) is 0 Å². The molecule has 2 nitrogen and oxygen atoms in total. The average Bonchev–Trinajstić information content (AvgIpc) is 1.36. The molecule has 0 aliphatic rings. The van der Waals surface area contributed by atoms with E-state index in [1.807, 2.05) is 0 Å². The third kappa shape index (κ3) is 6.13. The van der Waals surface area contributed by atoms with E-state index >= 15 is 0 Å². The summed E-state index contributed by atoms with van der Waals surface area (Å²) in [5.41, 5.74) is 0.176. The molecule has 0 saturated carbocycles. The molecule has 0 aromatic heterocycles. The predicted octanol–water partition coefficient (Wildman–Crippen LogP) is -0.269. The Balaban J connectivity index is 0. The van der Waals surface area contributed by atoms with Crippen molar-refractivity contribution in [3.05, 3.63) is 12.2 Å². The molecule has 0 aromatic carbocycles. The number of carboxylic acids is 1. The summed E-state index contributed by atoms with van der Waals surface area (Å²) in [7, 11) is 0. The molecule has 0 spiro atoms. The minimum atomic E-state index is -0.935. The first-order valence-electron chi connectivity index (χ1n) is 1.53. The quantitative estimate of drug-likeness (QED) is 0.534. The standard InChI is InChI=1S/C4H6O2.Pb.2H/c1-3(2)4(5)6;;;/h1H2,2H3,(H,5,6);;;. The third-order valence-corrected chi connectivity index (χ3v) is 0.365. The van der Waals surface area contributed by atoms with Crippen LogP contribution in [0.15, 0.2) is 12.2 Å². The molecule has 3 heteroatoms. The summed E-state index contributed by atoms with van der Waals surface area (Å²) < 4.78 is 0. The fourth-order valence-corrected chi connectivity index (χ4v) is 0. The Hall–Kier alpha value is 0.132. The third-order valence-electron chi connectivity index (χ3n) is 0.365. The van der Waals surface area contributed by atoms with E-state index in [2.05, 4.69) is 6.58 Å². The first kappa shape index (κ1) is 10.2. The van der Waals surface area contributed by atoms with E-state index in [9.17, 15) is 4.79 Å². The Morgan fingerprint density at radius 2 is 1.86 bits per heavy atom. The summed E-state index contributed by atoms with van der Waals surface area (Å²) in [6.07, 6.45) is 0. The van der Waals surface area contributed by atoms with E-state index in [1.165, 1.54) is 6.92 Å². The van der Waals surface area contributed by atoms with Gasteiger partial charge in [0.25, 0.3) is 0 Å². The van der Waals surface area contributed by atoms with Gasteiger partial charge >= 0.3 is 33.3 Å². The predicted molar refractivity (Wildman–Crippen MR) is 31.0 cm³/mol. The van der Waals surface area contributed by atoms with Crippen LogP contribution in [0.2, 0.25) is 0 Å². The van der Waals surface area contributed by atoms with Crippen molar-refractivity contribution in [1.29, 1.82) is 0 Å². The van der Waals surface area contributed by atoms with E-state index < -0.39 is 5.97 Å². The normalized spacial score (nSPS) is 6.43. The van der Waals surface area contributed by atoms with Gasteiger partial charge < -0.3 is 5.11 Å². The Kier molecular flexibility index (Phi) is 6.25. The van der Waals surface area contributed by atoms with Gasteiger partial charge in [0.2, 0.25) is 0 Å². The van der Waals surface area contributed by atoms with Crippen LogP contribution >= 0.6 is 0 Å². The van der Waals surface area contributed by atoms with Crippen LogP contribution in [0.5, 0.6) is 0 Å². The number of rotatable bonds is 1. The zero-order valence-electron chi connectivity index (χ0n) is 4.27. The second-order valence-corrected chi connectivity index (χ2v) is 1.09. The monoisotopic (exact) mass is 296 g/mol. The van der Waals surface area contributed by atoms with Crippen molar-refractivity contribution in [2.45, 2.75) is 6.92 Å². The summed E-state index contributed by atoms with van der Waals surface area (Å²) in [5, 5.41) is 7.89. The minimum absolute atomic E-state index is 0. The van der Waals surface area contributed by atoms with Gasteiger partial charge in [-0.25, -0.2) is 4.79 Å². The fourth-order valence-electron chi connectivity index (χ4n) is 0. The van der Waals surface area contributed by atoms with Crippen LogP contribution in [0, 0.1) is 0 Å². The molecule has 0 aliphatic heterocycles. The van der Waals surface area contributed by atoms with Gasteiger partial charge in [0.05, 0.1) is 0 Å². The fraction of sp³-hybridized carbons (Fsp3) is 0.250. The van der Waals surface area contributed by atoms with E-state index in [0.29, 0.717) is 0 Å². The molecule has 0 aliphatic carbocycles. The molecular formula is C4H8O2Pb. The molecule has 0 rings (SSSR count). The Labute approximate surface area is 62.4 Å². The number of aliphatic carboxylic acids is 1. The van der Waals surface area contributed by atoms with Gasteiger partial charge in [-0.3, -0.25) is 0 Å². The molecule has 0 atom stereocenters. The molecule has 0 aromatic rings. The van der Waals surface area contributed by atoms with Crippen LogP contribution in [-0.2, 0) is 4.79 Å². The number of hydrogen-bond donors (Lipinski definition) is 1. The van der Waals surface area contributed by atoms with Crippen molar-refractivity contribution < 1.29 is 9.90 Å². The van der Waals surface area contributed by atoms with Gasteiger partial charge in [0, 0.05) is 5.57 Å². The molecule has 0 unspecified atom stereocenters. The zero-order chi connectivity index (χ0) is 5.15.